The molecule has 25 heavy (non-hydrogen) atoms. The van der Waals surface area contributed by atoms with Crippen molar-refractivity contribution in [1.29, 1.82) is 0 Å². The Morgan fingerprint density at radius 1 is 1.24 bits per heavy atom. The third-order valence-electron chi connectivity index (χ3n) is 4.27. The zero-order chi connectivity index (χ0) is 17.2. The third-order valence-corrected chi connectivity index (χ3v) is 4.71. The predicted molar refractivity (Wildman–Crippen MR) is 98.6 cm³/mol. The lowest BCUT2D eigenvalue weighted by Gasteiger charge is -2.18. The van der Waals surface area contributed by atoms with Gasteiger partial charge in [-0.1, -0.05) is 18.2 Å². The summed E-state index contributed by atoms with van der Waals surface area (Å²) in [5.74, 6) is 0.748. The predicted octanol–water partition coefficient (Wildman–Crippen LogP) is 3.69. The molecular weight excluding hydrogens is 382 g/mol. The molecule has 2 aromatic heterocycles. The van der Waals surface area contributed by atoms with Crippen LogP contribution >= 0.6 is 15.9 Å². The minimum absolute atomic E-state index is 0.0176. The van der Waals surface area contributed by atoms with Crippen LogP contribution in [0.5, 0.6) is 5.75 Å². The van der Waals surface area contributed by atoms with Crippen LogP contribution in [0.25, 0.3) is 10.9 Å². The zero-order valence-electron chi connectivity index (χ0n) is 13.4. The fourth-order valence-electron chi connectivity index (χ4n) is 3.07. The third kappa shape index (κ3) is 3.35. The fourth-order valence-corrected chi connectivity index (χ4v) is 3.44. The summed E-state index contributed by atoms with van der Waals surface area (Å²) in [7, 11) is 0. The molecule has 0 N–H and O–H groups in total. The highest BCUT2D eigenvalue weighted by molar-refractivity contribution is 9.10. The van der Waals surface area contributed by atoms with Gasteiger partial charge in [0.2, 0.25) is 0 Å². The summed E-state index contributed by atoms with van der Waals surface area (Å²) in [6, 6.07) is 11.6. The van der Waals surface area contributed by atoms with Crippen LogP contribution in [0, 0.1) is 0 Å². The number of hydrogen-bond donors (Lipinski definition) is 0. The highest BCUT2D eigenvalue weighted by atomic mass is 79.9. The molecule has 1 amide bonds. The highest BCUT2D eigenvalue weighted by Gasteiger charge is 2.29. The van der Waals surface area contributed by atoms with Crippen LogP contribution < -0.4 is 4.74 Å². The maximum Gasteiger partial charge on any atom is 0.255 e. The van der Waals surface area contributed by atoms with Crippen molar-refractivity contribution in [3.8, 4) is 5.75 Å². The Balaban J connectivity index is 1.48. The molecule has 0 bridgehead atoms. The first-order valence-electron chi connectivity index (χ1n) is 8.11. The van der Waals surface area contributed by atoms with Crippen LogP contribution in [0.15, 0.2) is 59.5 Å². The molecule has 4 rings (SSSR count). The second-order valence-electron chi connectivity index (χ2n) is 6.00. The number of para-hydroxylation sites is 1. The molecule has 126 valence electrons. The number of amides is 1. The van der Waals surface area contributed by atoms with Crippen molar-refractivity contribution in [1.82, 2.24) is 14.9 Å². The molecule has 1 unspecified atom stereocenters. The number of carbonyl (C=O) groups is 1. The van der Waals surface area contributed by atoms with Gasteiger partial charge in [0.1, 0.15) is 17.4 Å². The summed E-state index contributed by atoms with van der Waals surface area (Å²) >= 11 is 3.35. The van der Waals surface area contributed by atoms with E-state index in [0.29, 0.717) is 18.7 Å². The second-order valence-corrected chi connectivity index (χ2v) is 6.92. The molecular formula is C19H16BrN3O2. The average molecular weight is 398 g/mol. The van der Waals surface area contributed by atoms with E-state index in [-0.39, 0.29) is 12.0 Å². The highest BCUT2D eigenvalue weighted by Crippen LogP contribution is 2.26. The lowest BCUT2D eigenvalue weighted by Crippen LogP contribution is -2.31. The monoisotopic (exact) mass is 397 g/mol. The minimum Gasteiger partial charge on any atom is -0.486 e. The summed E-state index contributed by atoms with van der Waals surface area (Å²) in [6.07, 6.45) is 5.79. The molecule has 3 aromatic rings. The number of hydrogen-bond acceptors (Lipinski definition) is 4. The zero-order valence-corrected chi connectivity index (χ0v) is 15.0. The first kappa shape index (κ1) is 16.0. The van der Waals surface area contributed by atoms with Gasteiger partial charge in [-0.25, -0.2) is 0 Å². The van der Waals surface area contributed by atoms with E-state index in [4.69, 9.17) is 4.74 Å². The molecule has 1 saturated heterocycles. The second kappa shape index (κ2) is 6.80. The number of benzene rings is 1. The van der Waals surface area contributed by atoms with E-state index in [1.165, 1.54) is 0 Å². The van der Waals surface area contributed by atoms with Crippen molar-refractivity contribution in [2.45, 2.75) is 12.5 Å². The summed E-state index contributed by atoms with van der Waals surface area (Å²) in [6.45, 7) is 1.24. The van der Waals surface area contributed by atoms with Gasteiger partial charge in [0, 0.05) is 41.4 Å². The smallest absolute Gasteiger partial charge is 0.255 e. The number of ether oxygens (including phenoxy) is 1. The molecule has 1 aliphatic heterocycles. The van der Waals surface area contributed by atoms with Crippen molar-refractivity contribution >= 4 is 32.7 Å². The van der Waals surface area contributed by atoms with Gasteiger partial charge in [-0.3, -0.25) is 14.8 Å². The Hall–Kier alpha value is -2.47. The Kier molecular flexibility index (Phi) is 4.36. The van der Waals surface area contributed by atoms with Crippen molar-refractivity contribution in [2.75, 3.05) is 13.1 Å². The number of halogens is 1. The molecule has 0 spiro atoms. The number of aromatic nitrogens is 2. The topological polar surface area (TPSA) is 55.3 Å². The van der Waals surface area contributed by atoms with Crippen LogP contribution in [0.3, 0.4) is 0 Å². The molecule has 3 heterocycles. The van der Waals surface area contributed by atoms with Crippen LogP contribution in [-0.4, -0.2) is 40.0 Å². The van der Waals surface area contributed by atoms with Crippen molar-refractivity contribution in [3.63, 3.8) is 0 Å². The lowest BCUT2D eigenvalue weighted by atomic mass is 10.2. The Labute approximate surface area is 153 Å². The number of likely N-dealkylation sites (tertiary alicyclic amines) is 1. The number of nitrogens with zero attached hydrogens (tertiary/aromatic N) is 3. The number of carbonyl (C=O) groups excluding carboxylic acids is 1. The maximum absolute atomic E-state index is 12.6. The van der Waals surface area contributed by atoms with Gasteiger partial charge in [-0.05, 0) is 34.1 Å². The van der Waals surface area contributed by atoms with E-state index in [0.717, 1.165) is 27.5 Å². The minimum atomic E-state index is -0.0309. The molecule has 1 atom stereocenters. The van der Waals surface area contributed by atoms with E-state index < -0.39 is 0 Å². The number of fused-ring (bicyclic) bond motifs is 1. The van der Waals surface area contributed by atoms with E-state index in [2.05, 4.69) is 25.9 Å². The van der Waals surface area contributed by atoms with Gasteiger partial charge in [-0.2, -0.15) is 0 Å². The Morgan fingerprint density at radius 2 is 2.12 bits per heavy atom. The molecule has 1 aromatic carbocycles. The normalized spacial score (nSPS) is 17.0. The van der Waals surface area contributed by atoms with Gasteiger partial charge >= 0.3 is 0 Å². The first-order valence-corrected chi connectivity index (χ1v) is 8.90. The van der Waals surface area contributed by atoms with Crippen LogP contribution in [0.2, 0.25) is 0 Å². The average Bonchev–Trinajstić information content (AvgIpc) is 3.10. The molecule has 5 nitrogen and oxygen atoms in total. The Bertz CT molecular complexity index is 926. The van der Waals surface area contributed by atoms with Gasteiger partial charge in [0.05, 0.1) is 12.1 Å². The standard InChI is InChI=1S/C19H16BrN3O2/c20-15-9-14(10-21-11-15)19(24)23-8-6-16(12-23)25-17-5-1-3-13-4-2-7-22-18(13)17/h1-5,7,9-11,16H,6,8,12H2. The number of rotatable bonds is 3. The van der Waals surface area contributed by atoms with E-state index in [9.17, 15) is 4.79 Å². The molecule has 1 fully saturated rings. The molecule has 1 aliphatic rings. The first-order chi connectivity index (χ1) is 12.2. The molecule has 0 saturated carbocycles. The van der Waals surface area contributed by atoms with E-state index >= 15 is 0 Å². The van der Waals surface area contributed by atoms with Gasteiger partial charge in [0.15, 0.2) is 0 Å². The van der Waals surface area contributed by atoms with E-state index in [1.807, 2.05) is 35.2 Å². The largest absolute Gasteiger partial charge is 0.486 e. The summed E-state index contributed by atoms with van der Waals surface area (Å²) < 4.78 is 6.95. The quantitative estimate of drug-likeness (QED) is 0.676. The van der Waals surface area contributed by atoms with Crippen molar-refractivity contribution in [3.05, 3.63) is 65.0 Å². The lowest BCUT2D eigenvalue weighted by molar-refractivity contribution is 0.0772. The Morgan fingerprint density at radius 3 is 3.00 bits per heavy atom. The van der Waals surface area contributed by atoms with Gasteiger partial charge in [0.25, 0.3) is 5.91 Å². The summed E-state index contributed by atoms with van der Waals surface area (Å²) in [4.78, 5) is 22.9. The van der Waals surface area contributed by atoms with Crippen LogP contribution in [0.4, 0.5) is 0 Å². The molecule has 6 heteroatoms. The summed E-state index contributed by atoms with van der Waals surface area (Å²) in [5.41, 5.74) is 1.44. The van der Waals surface area contributed by atoms with Gasteiger partial charge in [-0.15, -0.1) is 0 Å². The maximum atomic E-state index is 12.6. The van der Waals surface area contributed by atoms with Crippen LogP contribution in [-0.2, 0) is 0 Å². The van der Waals surface area contributed by atoms with E-state index in [1.54, 1.807) is 24.7 Å². The van der Waals surface area contributed by atoms with Gasteiger partial charge < -0.3 is 9.64 Å². The summed E-state index contributed by atoms with van der Waals surface area (Å²) in [5, 5.41) is 1.05. The van der Waals surface area contributed by atoms with Crippen molar-refractivity contribution < 1.29 is 9.53 Å². The number of pyridine rings is 2. The fraction of sp³-hybridized carbons (Fsp3) is 0.211. The molecule has 0 aliphatic carbocycles. The van der Waals surface area contributed by atoms with Crippen molar-refractivity contribution in [2.24, 2.45) is 0 Å². The SMILES string of the molecule is O=C(c1cncc(Br)c1)N1CCC(Oc2cccc3cccnc23)C1. The molecule has 0 radical (unpaired) electrons. The van der Waals surface area contributed by atoms with Crippen LogP contribution in [0.1, 0.15) is 16.8 Å².